The number of hydrogen-bond acceptors (Lipinski definition) is 2. The van der Waals surface area contributed by atoms with Gasteiger partial charge < -0.3 is 10.5 Å². The highest BCUT2D eigenvalue weighted by Gasteiger charge is 2.17. The molecule has 0 aromatic heterocycles. The van der Waals surface area contributed by atoms with E-state index in [1.54, 1.807) is 6.92 Å². The van der Waals surface area contributed by atoms with Crippen molar-refractivity contribution in [1.29, 1.82) is 0 Å². The zero-order chi connectivity index (χ0) is 11.5. The number of primary amides is 1. The Morgan fingerprint density at radius 3 is 2.88 bits per heavy atom. The topological polar surface area (TPSA) is 52.3 Å². The Morgan fingerprint density at radius 2 is 2.12 bits per heavy atom. The maximum Gasteiger partial charge on any atom is 0.258 e. The minimum absolute atomic E-state index is 0.423. The number of fused-ring (bicyclic) bond motifs is 1. The summed E-state index contributed by atoms with van der Waals surface area (Å²) in [5.41, 5.74) is 7.80. The van der Waals surface area contributed by atoms with Crippen molar-refractivity contribution in [2.24, 2.45) is 5.73 Å². The number of carbonyl (C=O) groups is 1. The molecule has 3 heteroatoms. The predicted molar refractivity (Wildman–Crippen MR) is 62.4 cm³/mol. The molecule has 16 heavy (non-hydrogen) atoms. The second-order valence-corrected chi connectivity index (χ2v) is 4.26. The van der Waals surface area contributed by atoms with Crippen molar-refractivity contribution >= 4 is 5.91 Å². The van der Waals surface area contributed by atoms with Gasteiger partial charge in [0.15, 0.2) is 6.10 Å². The maximum atomic E-state index is 11.0. The molecular formula is C13H17NO2. The van der Waals surface area contributed by atoms with Crippen LogP contribution in [0.2, 0.25) is 0 Å². The normalized spacial score (nSPS) is 16.3. The van der Waals surface area contributed by atoms with E-state index in [1.807, 2.05) is 12.1 Å². The summed E-state index contributed by atoms with van der Waals surface area (Å²) in [5, 5.41) is 0. The molecule has 0 saturated heterocycles. The lowest BCUT2D eigenvalue weighted by molar-refractivity contribution is -0.124. The van der Waals surface area contributed by atoms with Crippen LogP contribution in [0.25, 0.3) is 0 Å². The van der Waals surface area contributed by atoms with Crippen molar-refractivity contribution in [3.05, 3.63) is 29.3 Å². The Bertz CT molecular complexity index is 401. The average Bonchev–Trinajstić information content (AvgIpc) is 2.29. The predicted octanol–water partition coefficient (Wildman–Crippen LogP) is 1.82. The van der Waals surface area contributed by atoms with Gasteiger partial charge in [-0.2, -0.15) is 0 Å². The minimum Gasteiger partial charge on any atom is -0.481 e. The standard InChI is InChI=1S/C13H17NO2/c1-9(13(14)15)16-12-8-4-6-10-5-2-3-7-11(10)12/h4,6,8-9H,2-3,5,7H2,1H3,(H2,14,15)/t9-/m0/s1. The monoisotopic (exact) mass is 219 g/mol. The average molecular weight is 219 g/mol. The van der Waals surface area contributed by atoms with E-state index in [1.165, 1.54) is 24.0 Å². The maximum absolute atomic E-state index is 11.0. The fourth-order valence-corrected chi connectivity index (χ4v) is 2.11. The molecule has 1 aromatic rings. The van der Waals surface area contributed by atoms with Crippen molar-refractivity contribution in [3.63, 3.8) is 0 Å². The van der Waals surface area contributed by atoms with Crippen LogP contribution in [0.3, 0.4) is 0 Å². The van der Waals surface area contributed by atoms with Crippen LogP contribution in [-0.2, 0) is 17.6 Å². The molecule has 3 nitrogen and oxygen atoms in total. The van der Waals surface area contributed by atoms with Crippen LogP contribution in [0.5, 0.6) is 5.75 Å². The second kappa shape index (κ2) is 4.56. The van der Waals surface area contributed by atoms with Gasteiger partial charge in [0.1, 0.15) is 5.75 Å². The summed E-state index contributed by atoms with van der Waals surface area (Å²) in [5.74, 6) is 0.400. The van der Waals surface area contributed by atoms with Gasteiger partial charge in [-0.05, 0) is 49.8 Å². The third-order valence-electron chi connectivity index (χ3n) is 3.06. The molecule has 1 amide bonds. The third-order valence-corrected chi connectivity index (χ3v) is 3.06. The summed E-state index contributed by atoms with van der Waals surface area (Å²) >= 11 is 0. The van der Waals surface area contributed by atoms with Crippen LogP contribution < -0.4 is 10.5 Å². The van der Waals surface area contributed by atoms with Crippen molar-refractivity contribution in [1.82, 2.24) is 0 Å². The molecule has 0 unspecified atom stereocenters. The Morgan fingerprint density at radius 1 is 1.38 bits per heavy atom. The molecule has 1 aromatic carbocycles. The first kappa shape index (κ1) is 11.0. The van der Waals surface area contributed by atoms with Crippen molar-refractivity contribution in [2.45, 2.75) is 38.7 Å². The fraction of sp³-hybridized carbons (Fsp3) is 0.462. The number of carbonyl (C=O) groups excluding carboxylic acids is 1. The highest BCUT2D eigenvalue weighted by molar-refractivity contribution is 5.78. The molecule has 0 fully saturated rings. The number of rotatable bonds is 3. The largest absolute Gasteiger partial charge is 0.481 e. The first-order chi connectivity index (χ1) is 7.68. The van der Waals surface area contributed by atoms with Crippen molar-refractivity contribution in [3.8, 4) is 5.75 Å². The van der Waals surface area contributed by atoms with Gasteiger partial charge in [0.05, 0.1) is 0 Å². The molecule has 1 atom stereocenters. The van der Waals surface area contributed by atoms with Crippen LogP contribution in [0.15, 0.2) is 18.2 Å². The van der Waals surface area contributed by atoms with Crippen LogP contribution in [0.4, 0.5) is 0 Å². The van der Waals surface area contributed by atoms with E-state index in [0.29, 0.717) is 0 Å². The smallest absolute Gasteiger partial charge is 0.258 e. The summed E-state index contributed by atoms with van der Waals surface area (Å²) in [4.78, 5) is 11.0. The lowest BCUT2D eigenvalue weighted by Crippen LogP contribution is -2.31. The number of amides is 1. The van der Waals surface area contributed by atoms with E-state index in [2.05, 4.69) is 6.07 Å². The molecule has 2 N–H and O–H groups in total. The van der Waals surface area contributed by atoms with E-state index in [0.717, 1.165) is 18.6 Å². The van der Waals surface area contributed by atoms with Crippen LogP contribution in [0, 0.1) is 0 Å². The Hall–Kier alpha value is -1.51. The second-order valence-electron chi connectivity index (χ2n) is 4.26. The summed E-state index contributed by atoms with van der Waals surface area (Å²) in [6.07, 6.45) is 4.02. The van der Waals surface area contributed by atoms with Gasteiger partial charge in [-0.3, -0.25) is 4.79 Å². The van der Waals surface area contributed by atoms with E-state index < -0.39 is 12.0 Å². The van der Waals surface area contributed by atoms with E-state index in [9.17, 15) is 4.79 Å². The molecule has 1 aliphatic carbocycles. The van der Waals surface area contributed by atoms with E-state index in [4.69, 9.17) is 10.5 Å². The van der Waals surface area contributed by atoms with E-state index in [-0.39, 0.29) is 0 Å². The van der Waals surface area contributed by atoms with E-state index >= 15 is 0 Å². The summed E-state index contributed by atoms with van der Waals surface area (Å²) < 4.78 is 5.60. The highest BCUT2D eigenvalue weighted by atomic mass is 16.5. The number of benzene rings is 1. The molecule has 1 aliphatic rings. The highest BCUT2D eigenvalue weighted by Crippen LogP contribution is 2.29. The van der Waals surface area contributed by atoms with Gasteiger partial charge in [0.2, 0.25) is 0 Å². The molecule has 0 saturated carbocycles. The molecule has 0 heterocycles. The quantitative estimate of drug-likeness (QED) is 0.843. The van der Waals surface area contributed by atoms with Crippen molar-refractivity contribution < 1.29 is 9.53 Å². The lowest BCUT2D eigenvalue weighted by atomic mass is 9.91. The first-order valence-corrected chi connectivity index (χ1v) is 5.75. The number of ether oxygens (including phenoxy) is 1. The molecule has 2 rings (SSSR count). The molecule has 0 aliphatic heterocycles. The van der Waals surface area contributed by atoms with Gasteiger partial charge in [0, 0.05) is 0 Å². The van der Waals surface area contributed by atoms with Crippen LogP contribution in [-0.4, -0.2) is 12.0 Å². The lowest BCUT2D eigenvalue weighted by Gasteiger charge is -2.21. The van der Waals surface area contributed by atoms with Gasteiger partial charge in [-0.25, -0.2) is 0 Å². The molecule has 0 radical (unpaired) electrons. The van der Waals surface area contributed by atoms with Gasteiger partial charge in [0.25, 0.3) is 5.91 Å². The molecular weight excluding hydrogens is 202 g/mol. The Balaban J connectivity index is 2.24. The fourth-order valence-electron chi connectivity index (χ4n) is 2.11. The zero-order valence-electron chi connectivity index (χ0n) is 9.53. The van der Waals surface area contributed by atoms with Gasteiger partial charge >= 0.3 is 0 Å². The van der Waals surface area contributed by atoms with Crippen LogP contribution in [0.1, 0.15) is 30.9 Å². The minimum atomic E-state index is -0.562. The Kier molecular flexibility index (Phi) is 3.13. The zero-order valence-corrected chi connectivity index (χ0v) is 9.53. The summed E-state index contributed by atoms with van der Waals surface area (Å²) in [6, 6.07) is 6.03. The number of nitrogens with two attached hydrogens (primary N) is 1. The van der Waals surface area contributed by atoms with Crippen LogP contribution >= 0.6 is 0 Å². The first-order valence-electron chi connectivity index (χ1n) is 5.75. The number of aryl methyl sites for hydroxylation is 1. The number of hydrogen-bond donors (Lipinski definition) is 1. The molecule has 0 spiro atoms. The summed E-state index contributed by atoms with van der Waals surface area (Å²) in [6.45, 7) is 1.69. The SMILES string of the molecule is C[C@H](Oc1cccc2c1CCCC2)C(N)=O. The van der Waals surface area contributed by atoms with Crippen molar-refractivity contribution in [2.75, 3.05) is 0 Å². The summed E-state index contributed by atoms with van der Waals surface area (Å²) in [7, 11) is 0. The van der Waals surface area contributed by atoms with Gasteiger partial charge in [-0.1, -0.05) is 12.1 Å². The molecule has 0 bridgehead atoms. The Labute approximate surface area is 95.6 Å². The molecule has 86 valence electrons. The van der Waals surface area contributed by atoms with Gasteiger partial charge in [-0.15, -0.1) is 0 Å². The third kappa shape index (κ3) is 2.18.